The predicted octanol–water partition coefficient (Wildman–Crippen LogP) is -0.0925. The van der Waals surface area contributed by atoms with Crippen LogP contribution in [0.2, 0.25) is 0 Å². The standard InChI is InChI=1S/C12H18N6O/c1-2-9-6-10(19)18-11(14-9)15-12(16-18)17-5-3-4-8(13)7-17/h6,8H,2-5,7,13H2,1H3,(H,14,15,16). The van der Waals surface area contributed by atoms with Gasteiger partial charge < -0.3 is 10.6 Å². The van der Waals surface area contributed by atoms with E-state index in [0.717, 1.165) is 38.0 Å². The molecular formula is C12H18N6O. The molecule has 1 aliphatic rings. The summed E-state index contributed by atoms with van der Waals surface area (Å²) in [5, 5.41) is 3.01. The molecule has 7 heteroatoms. The summed E-state index contributed by atoms with van der Waals surface area (Å²) in [4.78, 5) is 22.8. The fourth-order valence-corrected chi connectivity index (χ4v) is 2.44. The fraction of sp³-hybridized carbons (Fsp3) is 0.583. The Hall–Kier alpha value is -1.89. The molecule has 0 aromatic carbocycles. The lowest BCUT2D eigenvalue weighted by Crippen LogP contribution is -2.43. The van der Waals surface area contributed by atoms with Crippen molar-refractivity contribution in [1.82, 2.24) is 19.6 Å². The molecule has 7 nitrogen and oxygen atoms in total. The number of aromatic nitrogens is 4. The van der Waals surface area contributed by atoms with Gasteiger partial charge in [-0.15, -0.1) is 0 Å². The van der Waals surface area contributed by atoms with Crippen molar-refractivity contribution < 1.29 is 0 Å². The molecular weight excluding hydrogens is 244 g/mol. The third-order valence-corrected chi connectivity index (χ3v) is 3.49. The van der Waals surface area contributed by atoms with E-state index in [1.54, 1.807) is 0 Å². The van der Waals surface area contributed by atoms with Crippen molar-refractivity contribution in [3.05, 3.63) is 22.1 Å². The summed E-state index contributed by atoms with van der Waals surface area (Å²) in [5.74, 6) is 1.10. The summed E-state index contributed by atoms with van der Waals surface area (Å²) in [7, 11) is 0. The molecule has 0 saturated carbocycles. The molecule has 2 aromatic rings. The molecule has 1 saturated heterocycles. The average molecular weight is 262 g/mol. The minimum atomic E-state index is -0.123. The molecule has 3 N–H and O–H groups in total. The number of piperidine rings is 1. The SMILES string of the molecule is CCc1cc(=O)n2[nH]c(N3CCCC(N)C3)nc2n1. The number of nitrogens with zero attached hydrogens (tertiary/aromatic N) is 4. The number of fused-ring (bicyclic) bond motifs is 1. The summed E-state index contributed by atoms with van der Waals surface area (Å²) in [6.07, 6.45) is 2.80. The Kier molecular flexibility index (Phi) is 2.98. The van der Waals surface area contributed by atoms with Crippen LogP contribution in [0.15, 0.2) is 10.9 Å². The Bertz CT molecular complexity index is 645. The van der Waals surface area contributed by atoms with Crippen molar-refractivity contribution in [1.29, 1.82) is 0 Å². The number of rotatable bonds is 2. The zero-order valence-electron chi connectivity index (χ0n) is 11.0. The van der Waals surface area contributed by atoms with Gasteiger partial charge in [-0.05, 0) is 19.3 Å². The number of anilines is 1. The van der Waals surface area contributed by atoms with Crippen LogP contribution in [0.25, 0.3) is 5.78 Å². The van der Waals surface area contributed by atoms with Crippen LogP contribution in [0.3, 0.4) is 0 Å². The Labute approximate surface area is 110 Å². The normalized spacial score (nSPS) is 20.1. The van der Waals surface area contributed by atoms with E-state index in [1.165, 1.54) is 10.6 Å². The molecule has 102 valence electrons. The summed E-state index contributed by atoms with van der Waals surface area (Å²) >= 11 is 0. The van der Waals surface area contributed by atoms with Gasteiger partial charge in [-0.2, -0.15) is 9.50 Å². The number of hydrogen-bond donors (Lipinski definition) is 2. The van der Waals surface area contributed by atoms with E-state index >= 15 is 0 Å². The second-order valence-electron chi connectivity index (χ2n) is 4.97. The molecule has 0 aliphatic carbocycles. The summed E-state index contributed by atoms with van der Waals surface area (Å²) in [6.45, 7) is 3.63. The van der Waals surface area contributed by atoms with Crippen LogP contribution < -0.4 is 16.2 Å². The molecule has 2 aromatic heterocycles. The maximum Gasteiger partial charge on any atom is 0.274 e. The number of H-pyrrole nitrogens is 1. The largest absolute Gasteiger partial charge is 0.340 e. The van der Waals surface area contributed by atoms with Crippen molar-refractivity contribution in [2.75, 3.05) is 18.0 Å². The molecule has 1 fully saturated rings. The van der Waals surface area contributed by atoms with E-state index in [0.29, 0.717) is 11.7 Å². The van der Waals surface area contributed by atoms with Crippen molar-refractivity contribution in [3.63, 3.8) is 0 Å². The molecule has 0 amide bonds. The lowest BCUT2D eigenvalue weighted by molar-refractivity contribution is 0.500. The van der Waals surface area contributed by atoms with Gasteiger partial charge in [0.25, 0.3) is 11.3 Å². The fourth-order valence-electron chi connectivity index (χ4n) is 2.44. The maximum absolute atomic E-state index is 11.9. The van der Waals surface area contributed by atoms with Crippen molar-refractivity contribution in [2.45, 2.75) is 32.2 Å². The molecule has 0 radical (unpaired) electrons. The van der Waals surface area contributed by atoms with Crippen LogP contribution in [0.4, 0.5) is 5.95 Å². The third kappa shape index (κ3) is 2.21. The Morgan fingerprint density at radius 1 is 1.53 bits per heavy atom. The van der Waals surface area contributed by atoms with Gasteiger partial charge in [-0.1, -0.05) is 6.92 Å². The van der Waals surface area contributed by atoms with Crippen LogP contribution in [0.1, 0.15) is 25.5 Å². The van der Waals surface area contributed by atoms with Crippen LogP contribution in [-0.4, -0.2) is 38.7 Å². The molecule has 3 heterocycles. The molecule has 19 heavy (non-hydrogen) atoms. The maximum atomic E-state index is 11.9. The van der Waals surface area contributed by atoms with E-state index in [1.807, 2.05) is 6.92 Å². The van der Waals surface area contributed by atoms with Crippen molar-refractivity contribution in [3.8, 4) is 0 Å². The van der Waals surface area contributed by atoms with Gasteiger partial charge in [0, 0.05) is 30.9 Å². The van der Waals surface area contributed by atoms with Gasteiger partial charge >= 0.3 is 0 Å². The number of hydrogen-bond acceptors (Lipinski definition) is 5. The van der Waals surface area contributed by atoms with Crippen LogP contribution in [0, 0.1) is 0 Å². The Balaban J connectivity index is 2.01. The van der Waals surface area contributed by atoms with Crippen LogP contribution >= 0.6 is 0 Å². The second-order valence-corrected chi connectivity index (χ2v) is 4.97. The molecule has 0 spiro atoms. The molecule has 0 bridgehead atoms. The monoisotopic (exact) mass is 262 g/mol. The smallest absolute Gasteiger partial charge is 0.274 e. The van der Waals surface area contributed by atoms with E-state index in [4.69, 9.17) is 5.73 Å². The first-order valence-corrected chi connectivity index (χ1v) is 6.66. The molecule has 1 aliphatic heterocycles. The predicted molar refractivity (Wildman–Crippen MR) is 72.4 cm³/mol. The molecule has 1 atom stereocenters. The minimum absolute atomic E-state index is 0.123. The molecule has 1 unspecified atom stereocenters. The van der Waals surface area contributed by atoms with E-state index < -0.39 is 0 Å². The topological polar surface area (TPSA) is 92.3 Å². The van der Waals surface area contributed by atoms with Crippen LogP contribution in [0.5, 0.6) is 0 Å². The van der Waals surface area contributed by atoms with Gasteiger partial charge in [0.1, 0.15) is 0 Å². The van der Waals surface area contributed by atoms with Gasteiger partial charge in [-0.25, -0.2) is 4.98 Å². The zero-order chi connectivity index (χ0) is 13.4. The second kappa shape index (κ2) is 4.65. The Morgan fingerprint density at radius 2 is 2.37 bits per heavy atom. The van der Waals surface area contributed by atoms with Crippen molar-refractivity contribution in [2.24, 2.45) is 5.73 Å². The highest BCUT2D eigenvalue weighted by atomic mass is 16.1. The zero-order valence-corrected chi connectivity index (χ0v) is 11.0. The lowest BCUT2D eigenvalue weighted by Gasteiger charge is -2.29. The summed E-state index contributed by atoms with van der Waals surface area (Å²) in [5.41, 5.74) is 6.60. The van der Waals surface area contributed by atoms with Gasteiger partial charge in [0.2, 0.25) is 5.95 Å². The Morgan fingerprint density at radius 3 is 3.11 bits per heavy atom. The quantitative estimate of drug-likeness (QED) is 0.789. The first-order valence-electron chi connectivity index (χ1n) is 6.66. The third-order valence-electron chi connectivity index (χ3n) is 3.49. The highest BCUT2D eigenvalue weighted by Crippen LogP contribution is 2.15. The van der Waals surface area contributed by atoms with Gasteiger partial charge in [0.05, 0.1) is 0 Å². The van der Waals surface area contributed by atoms with Gasteiger partial charge in [0.15, 0.2) is 0 Å². The van der Waals surface area contributed by atoms with E-state index in [2.05, 4.69) is 20.0 Å². The highest BCUT2D eigenvalue weighted by molar-refractivity contribution is 5.40. The summed E-state index contributed by atoms with van der Waals surface area (Å²) in [6, 6.07) is 1.70. The first-order chi connectivity index (χ1) is 9.17. The summed E-state index contributed by atoms with van der Waals surface area (Å²) < 4.78 is 1.38. The van der Waals surface area contributed by atoms with E-state index in [-0.39, 0.29) is 11.6 Å². The number of nitrogens with one attached hydrogen (secondary N) is 1. The number of aromatic amines is 1. The lowest BCUT2D eigenvalue weighted by atomic mass is 10.1. The highest BCUT2D eigenvalue weighted by Gasteiger charge is 2.20. The minimum Gasteiger partial charge on any atom is -0.340 e. The average Bonchev–Trinajstić information content (AvgIpc) is 2.83. The number of aryl methyl sites for hydroxylation is 1. The first kappa shape index (κ1) is 12.2. The number of nitrogens with two attached hydrogens (primary N) is 1. The molecule has 3 rings (SSSR count). The van der Waals surface area contributed by atoms with Gasteiger partial charge in [-0.3, -0.25) is 9.89 Å². The van der Waals surface area contributed by atoms with Crippen molar-refractivity contribution >= 4 is 11.7 Å². The van der Waals surface area contributed by atoms with E-state index in [9.17, 15) is 4.79 Å². The van der Waals surface area contributed by atoms with Crippen LogP contribution in [-0.2, 0) is 6.42 Å².